The summed E-state index contributed by atoms with van der Waals surface area (Å²) >= 11 is 9.72. The van der Waals surface area contributed by atoms with E-state index in [1.54, 1.807) is 24.3 Å². The van der Waals surface area contributed by atoms with Crippen molar-refractivity contribution in [2.24, 2.45) is 5.73 Å². The summed E-state index contributed by atoms with van der Waals surface area (Å²) in [5, 5.41) is 108. The number of hydrogen-bond acceptors (Lipinski definition) is 15. The molecule has 0 saturated heterocycles. The van der Waals surface area contributed by atoms with Gasteiger partial charge in [0.15, 0.2) is 0 Å². The summed E-state index contributed by atoms with van der Waals surface area (Å²) in [7, 11) is 0. The van der Waals surface area contributed by atoms with Gasteiger partial charge in [-0.2, -0.15) is 0 Å². The third kappa shape index (κ3) is 12.3. The number of benzene rings is 3. The number of carbonyl (C=O) groups excluding carboxylic acids is 4. The first kappa shape index (κ1) is 47.9. The van der Waals surface area contributed by atoms with E-state index in [-0.39, 0.29) is 35.8 Å². The van der Waals surface area contributed by atoms with Gasteiger partial charge in [0.05, 0.1) is 51.2 Å². The Morgan fingerprint density at radius 3 is 1.28 bits per heavy atom. The van der Waals surface area contributed by atoms with Gasteiger partial charge in [0.1, 0.15) is 36.6 Å². The lowest BCUT2D eigenvalue weighted by Gasteiger charge is -2.26. The number of carbonyl (C=O) groups is 4. The van der Waals surface area contributed by atoms with Crippen molar-refractivity contribution >= 4 is 82.8 Å². The van der Waals surface area contributed by atoms with E-state index in [2.05, 4.69) is 69.1 Å². The second-order valence-corrected chi connectivity index (χ2v) is 14.8. The molecule has 0 heterocycles. The highest BCUT2D eigenvalue weighted by molar-refractivity contribution is 9.11. The van der Waals surface area contributed by atoms with Crippen LogP contribution in [-0.2, 0) is 6.54 Å². The molecular weight excluding hydrogens is 954 g/mol. The molecule has 3 rings (SSSR count). The first-order chi connectivity index (χ1) is 26.9. The minimum absolute atomic E-state index is 0.0560. The van der Waals surface area contributed by atoms with Crippen LogP contribution in [0.1, 0.15) is 47.0 Å². The molecule has 0 aromatic heterocycles. The molecule has 0 radical (unpaired) electrons. The molecular formula is C35H42Br3N5O14. The van der Waals surface area contributed by atoms with E-state index in [0.29, 0.717) is 17.8 Å². The van der Waals surface area contributed by atoms with Crippen LogP contribution in [0.5, 0.6) is 0 Å². The topological polar surface area (TPSA) is 345 Å². The number of aliphatic hydroxyl groups is 10. The molecule has 19 nitrogen and oxygen atoms in total. The van der Waals surface area contributed by atoms with Gasteiger partial charge >= 0.3 is 0 Å². The maximum Gasteiger partial charge on any atom is 0.255 e. The first-order valence-electron chi connectivity index (χ1n) is 16.8. The molecule has 312 valence electrons. The van der Waals surface area contributed by atoms with Crippen LogP contribution in [-0.4, -0.2) is 150 Å². The Balaban J connectivity index is 1.94. The van der Waals surface area contributed by atoms with Crippen LogP contribution in [0.25, 0.3) is 0 Å². The lowest BCUT2D eigenvalue weighted by Crippen LogP contribution is -2.49. The molecule has 16 N–H and O–H groups in total. The number of anilines is 2. The molecule has 0 fully saturated rings. The van der Waals surface area contributed by atoms with Gasteiger partial charge in [-0.15, -0.1) is 0 Å². The summed E-state index contributed by atoms with van der Waals surface area (Å²) in [5.41, 5.74) is 6.29. The number of nitrogens with two attached hydrogens (primary N) is 1. The lowest BCUT2D eigenvalue weighted by atomic mass is 10.0. The molecule has 22 heteroatoms. The molecule has 0 aliphatic rings. The van der Waals surface area contributed by atoms with Crippen molar-refractivity contribution in [1.82, 2.24) is 10.6 Å². The summed E-state index contributed by atoms with van der Waals surface area (Å²) in [6.45, 7) is -3.05. The fraction of sp³-hybridized carbons (Fsp3) is 0.371. The summed E-state index contributed by atoms with van der Waals surface area (Å²) in [5.74, 6) is -3.24. The molecule has 0 aliphatic carbocycles. The SMILES string of the molecule is NCc1ccc(C(=O)Nc2ccc(C(=O)Nc3c(Br)c(C(=O)NCC(O)C(O)C(O)C(O)CO)c(Br)c(C(=O)NCC(O)C(O)C(O)C(O)CO)c3Br)cc2)cc1. The molecule has 57 heavy (non-hydrogen) atoms. The predicted molar refractivity (Wildman–Crippen MR) is 213 cm³/mol. The zero-order chi connectivity index (χ0) is 42.7. The molecule has 3 aromatic carbocycles. The van der Waals surface area contributed by atoms with Crippen molar-refractivity contribution < 1.29 is 70.2 Å². The van der Waals surface area contributed by atoms with E-state index in [1.807, 2.05) is 0 Å². The van der Waals surface area contributed by atoms with E-state index in [0.717, 1.165) is 5.56 Å². The Kier molecular flexibility index (Phi) is 18.5. The second-order valence-electron chi connectivity index (χ2n) is 12.5. The number of amides is 4. The van der Waals surface area contributed by atoms with Gasteiger partial charge in [-0.05, 0) is 89.8 Å². The average Bonchev–Trinajstić information content (AvgIpc) is 3.21. The third-order valence-electron chi connectivity index (χ3n) is 8.46. The molecule has 8 atom stereocenters. The number of nitrogens with one attached hydrogen (secondary N) is 4. The van der Waals surface area contributed by atoms with Crippen molar-refractivity contribution in [2.75, 3.05) is 36.9 Å². The van der Waals surface area contributed by atoms with Crippen molar-refractivity contribution in [1.29, 1.82) is 0 Å². The Morgan fingerprint density at radius 2 is 0.895 bits per heavy atom. The highest BCUT2D eigenvalue weighted by Gasteiger charge is 2.34. The van der Waals surface area contributed by atoms with E-state index < -0.39 is 98.8 Å². The summed E-state index contributed by atoms with van der Waals surface area (Å²) in [6, 6.07) is 12.3. The molecule has 0 spiro atoms. The van der Waals surface area contributed by atoms with Crippen molar-refractivity contribution in [3.63, 3.8) is 0 Å². The van der Waals surface area contributed by atoms with Gasteiger partial charge in [0.2, 0.25) is 0 Å². The Bertz CT molecular complexity index is 1800. The van der Waals surface area contributed by atoms with Crippen LogP contribution in [0.2, 0.25) is 0 Å². The second kappa shape index (κ2) is 22.1. The van der Waals surface area contributed by atoms with Crippen LogP contribution >= 0.6 is 47.8 Å². The van der Waals surface area contributed by atoms with E-state index >= 15 is 0 Å². The van der Waals surface area contributed by atoms with Gasteiger partial charge in [-0.3, -0.25) is 19.2 Å². The maximum atomic E-state index is 13.6. The van der Waals surface area contributed by atoms with Crippen molar-refractivity contribution in [2.45, 2.75) is 55.4 Å². The van der Waals surface area contributed by atoms with E-state index in [4.69, 9.17) is 15.9 Å². The quantitative estimate of drug-likeness (QED) is 0.0635. The van der Waals surface area contributed by atoms with E-state index in [1.165, 1.54) is 24.3 Å². The monoisotopic (exact) mass is 993 g/mol. The molecule has 0 saturated carbocycles. The molecule has 0 aliphatic heterocycles. The Morgan fingerprint density at radius 1 is 0.526 bits per heavy atom. The van der Waals surface area contributed by atoms with Crippen LogP contribution < -0.4 is 27.0 Å². The van der Waals surface area contributed by atoms with Crippen molar-refractivity contribution in [3.8, 4) is 0 Å². The fourth-order valence-corrected chi connectivity index (χ4v) is 7.90. The molecule has 4 amide bonds. The largest absolute Gasteiger partial charge is 0.394 e. The third-order valence-corrected chi connectivity index (χ3v) is 10.8. The number of halogens is 3. The lowest BCUT2D eigenvalue weighted by molar-refractivity contribution is -0.113. The summed E-state index contributed by atoms with van der Waals surface area (Å²) < 4.78 is -0.491. The maximum absolute atomic E-state index is 13.6. The number of aliphatic hydroxyl groups excluding tert-OH is 10. The zero-order valence-electron chi connectivity index (χ0n) is 29.6. The predicted octanol–water partition coefficient (Wildman–Crippen LogP) is -1.73. The van der Waals surface area contributed by atoms with Gasteiger partial charge in [0.25, 0.3) is 23.6 Å². The van der Waals surface area contributed by atoms with Crippen molar-refractivity contribution in [3.05, 3.63) is 89.8 Å². The van der Waals surface area contributed by atoms with Crippen LogP contribution in [0.3, 0.4) is 0 Å². The van der Waals surface area contributed by atoms with Crippen LogP contribution in [0.15, 0.2) is 61.9 Å². The van der Waals surface area contributed by atoms with Crippen LogP contribution in [0, 0.1) is 0 Å². The first-order valence-corrected chi connectivity index (χ1v) is 19.2. The smallest absolute Gasteiger partial charge is 0.255 e. The number of hydrogen-bond donors (Lipinski definition) is 15. The highest BCUT2D eigenvalue weighted by atomic mass is 79.9. The van der Waals surface area contributed by atoms with Gasteiger partial charge in [-0.1, -0.05) is 12.1 Å². The Hall–Kier alpha value is -3.46. The van der Waals surface area contributed by atoms with Crippen LogP contribution in [0.4, 0.5) is 11.4 Å². The highest BCUT2D eigenvalue weighted by Crippen LogP contribution is 2.42. The van der Waals surface area contributed by atoms with E-state index in [9.17, 15) is 60.0 Å². The van der Waals surface area contributed by atoms with Gasteiger partial charge in [0, 0.05) is 40.9 Å². The minimum Gasteiger partial charge on any atom is -0.394 e. The molecule has 8 unspecified atom stereocenters. The molecule has 0 bridgehead atoms. The average molecular weight is 996 g/mol. The van der Waals surface area contributed by atoms with Gasteiger partial charge in [-0.25, -0.2) is 0 Å². The summed E-state index contributed by atoms with van der Waals surface area (Å²) in [4.78, 5) is 53.4. The fourth-order valence-electron chi connectivity index (χ4n) is 5.00. The minimum atomic E-state index is -2.03. The summed E-state index contributed by atoms with van der Waals surface area (Å²) in [6.07, 6.45) is -15.4. The van der Waals surface area contributed by atoms with Gasteiger partial charge < -0.3 is 78.1 Å². The standard InChI is InChI=1S/C35H42Br3N5O14/c36-24-22(34(56)40-10-18(46)28(50)30(52)20(48)12-44)25(37)27(26(38)23(24)35(57)41-11-19(47)29(51)31(53)21(49)13-45)43-33(55)16-5-7-17(8-6-16)42-32(54)15-3-1-14(9-39)2-4-15/h1-8,18-21,28-31,44-53H,9-13,39H2,(H,40,56)(H,41,57)(H,42,54)(H,43,55). The zero-order valence-corrected chi connectivity index (χ0v) is 34.3. The normalized spacial score (nSPS) is 15.6. The molecule has 3 aromatic rings. The number of rotatable bonds is 19. The Labute approximate surface area is 349 Å².